The third-order valence-corrected chi connectivity index (χ3v) is 7.48. The van der Waals surface area contributed by atoms with E-state index in [9.17, 15) is 0 Å². The van der Waals surface area contributed by atoms with Crippen molar-refractivity contribution in [1.82, 2.24) is 14.6 Å². The molecule has 2 aliphatic heterocycles. The zero-order valence-electron chi connectivity index (χ0n) is 13.7. The molecular formula is C16H17ClN4O2S2. The molecule has 9 heteroatoms. The predicted molar refractivity (Wildman–Crippen MR) is 102 cm³/mol. The molecule has 25 heavy (non-hydrogen) atoms. The SMILES string of the molecule is COc1cncc(-c2cc(Cl)c(C34COCC3SN(C)C(=N)N4)s2)c1. The van der Waals surface area contributed by atoms with E-state index in [4.69, 9.17) is 26.5 Å². The molecule has 0 spiro atoms. The normalized spacial score (nSPS) is 25.6. The minimum Gasteiger partial charge on any atom is -0.495 e. The third-order valence-electron chi connectivity index (χ3n) is 4.42. The van der Waals surface area contributed by atoms with Crippen molar-refractivity contribution in [2.24, 2.45) is 0 Å². The first-order chi connectivity index (χ1) is 12.0. The fourth-order valence-electron chi connectivity index (χ4n) is 3.08. The Labute approximate surface area is 159 Å². The van der Waals surface area contributed by atoms with E-state index < -0.39 is 5.54 Å². The maximum atomic E-state index is 8.19. The number of nitrogens with zero attached hydrogens (tertiary/aromatic N) is 2. The number of ether oxygens (including phenoxy) is 2. The van der Waals surface area contributed by atoms with Gasteiger partial charge >= 0.3 is 0 Å². The summed E-state index contributed by atoms with van der Waals surface area (Å²) in [6.07, 6.45) is 3.48. The molecule has 0 aromatic carbocycles. The number of halogens is 1. The molecule has 0 radical (unpaired) electrons. The van der Waals surface area contributed by atoms with Crippen molar-refractivity contribution < 1.29 is 9.47 Å². The predicted octanol–water partition coefficient (Wildman–Crippen LogP) is 3.18. The fraction of sp³-hybridized carbons (Fsp3) is 0.375. The van der Waals surface area contributed by atoms with Crippen molar-refractivity contribution in [2.45, 2.75) is 10.8 Å². The Hall–Kier alpha value is -1.48. The first kappa shape index (κ1) is 17.0. The molecule has 2 aliphatic rings. The average molecular weight is 397 g/mol. The summed E-state index contributed by atoms with van der Waals surface area (Å²) in [6.45, 7) is 1.12. The van der Waals surface area contributed by atoms with Crippen LogP contribution in [0.5, 0.6) is 5.75 Å². The zero-order valence-corrected chi connectivity index (χ0v) is 16.1. The van der Waals surface area contributed by atoms with Gasteiger partial charge in [0.05, 0.1) is 41.7 Å². The number of nitrogens with one attached hydrogen (secondary N) is 2. The second-order valence-corrected chi connectivity index (χ2v) is 8.74. The van der Waals surface area contributed by atoms with Crippen LogP contribution in [0.25, 0.3) is 10.4 Å². The molecule has 2 fully saturated rings. The largest absolute Gasteiger partial charge is 0.495 e. The van der Waals surface area contributed by atoms with Crippen LogP contribution in [0.4, 0.5) is 0 Å². The number of guanidine groups is 1. The highest BCUT2D eigenvalue weighted by atomic mass is 35.5. The standard InChI is InChI=1S/C16H17ClN4O2S2/c1-21-15(18)20-16(8-23-7-13(16)25-21)14-11(17)4-12(24-14)9-3-10(22-2)6-19-5-9/h3-6,13H,7-8H2,1-2H3,(H2,18,20). The van der Waals surface area contributed by atoms with Gasteiger partial charge in [0.1, 0.15) is 11.3 Å². The van der Waals surface area contributed by atoms with E-state index >= 15 is 0 Å². The highest BCUT2D eigenvalue weighted by Gasteiger charge is 2.52. The van der Waals surface area contributed by atoms with E-state index in [0.29, 0.717) is 29.9 Å². The summed E-state index contributed by atoms with van der Waals surface area (Å²) in [5.74, 6) is 1.07. The van der Waals surface area contributed by atoms with Crippen molar-refractivity contribution >= 4 is 40.8 Å². The van der Waals surface area contributed by atoms with Crippen molar-refractivity contribution in [3.8, 4) is 16.2 Å². The van der Waals surface area contributed by atoms with Crippen LogP contribution in [-0.4, -0.2) is 47.9 Å². The number of hydrogen-bond donors (Lipinski definition) is 2. The summed E-state index contributed by atoms with van der Waals surface area (Å²) in [5, 5.41) is 12.4. The molecule has 2 aromatic rings. The number of aromatic nitrogens is 1. The molecule has 2 aromatic heterocycles. The van der Waals surface area contributed by atoms with Gasteiger partial charge in [-0.3, -0.25) is 14.7 Å². The van der Waals surface area contributed by atoms with E-state index in [2.05, 4.69) is 10.3 Å². The lowest BCUT2D eigenvalue weighted by Crippen LogP contribution is -2.59. The number of hydrogen-bond acceptors (Lipinski definition) is 6. The molecular weight excluding hydrogens is 380 g/mol. The second-order valence-electron chi connectivity index (χ2n) is 5.95. The quantitative estimate of drug-likeness (QED) is 0.776. The van der Waals surface area contributed by atoms with E-state index in [1.54, 1.807) is 42.8 Å². The van der Waals surface area contributed by atoms with Crippen molar-refractivity contribution in [3.05, 3.63) is 34.4 Å². The monoisotopic (exact) mass is 396 g/mol. The smallest absolute Gasteiger partial charge is 0.201 e. The maximum Gasteiger partial charge on any atom is 0.201 e. The van der Waals surface area contributed by atoms with Gasteiger partial charge in [-0.05, 0) is 24.1 Å². The van der Waals surface area contributed by atoms with E-state index in [0.717, 1.165) is 15.3 Å². The van der Waals surface area contributed by atoms with Crippen molar-refractivity contribution in [1.29, 1.82) is 5.41 Å². The van der Waals surface area contributed by atoms with Crippen LogP contribution in [0.15, 0.2) is 24.5 Å². The molecule has 4 heterocycles. The van der Waals surface area contributed by atoms with E-state index in [1.165, 1.54) is 0 Å². The summed E-state index contributed by atoms with van der Waals surface area (Å²) in [5.41, 5.74) is 0.487. The van der Waals surface area contributed by atoms with Crippen LogP contribution < -0.4 is 10.1 Å². The number of methoxy groups -OCH3 is 1. The van der Waals surface area contributed by atoms with Crippen molar-refractivity contribution in [3.63, 3.8) is 0 Å². The van der Waals surface area contributed by atoms with Crippen LogP contribution in [0.2, 0.25) is 5.02 Å². The fourth-order valence-corrected chi connectivity index (χ4v) is 5.95. The average Bonchev–Trinajstić information content (AvgIpc) is 3.19. The molecule has 2 N–H and O–H groups in total. The summed E-state index contributed by atoms with van der Waals surface area (Å²) in [4.78, 5) is 6.24. The summed E-state index contributed by atoms with van der Waals surface area (Å²) < 4.78 is 12.9. The lowest BCUT2D eigenvalue weighted by molar-refractivity contribution is 0.173. The number of rotatable bonds is 3. The van der Waals surface area contributed by atoms with Gasteiger partial charge in [-0.2, -0.15) is 0 Å². The molecule has 0 aliphatic carbocycles. The molecule has 2 atom stereocenters. The summed E-state index contributed by atoms with van der Waals surface area (Å²) in [6, 6.07) is 3.90. The van der Waals surface area contributed by atoms with Gasteiger partial charge < -0.3 is 14.8 Å². The molecule has 6 nitrogen and oxygen atoms in total. The minimum absolute atomic E-state index is 0.166. The maximum absolute atomic E-state index is 8.19. The Morgan fingerprint density at radius 2 is 2.32 bits per heavy atom. The summed E-state index contributed by atoms with van der Waals surface area (Å²) >= 11 is 9.84. The Morgan fingerprint density at radius 3 is 3.12 bits per heavy atom. The molecule has 2 unspecified atom stereocenters. The topological polar surface area (TPSA) is 70.5 Å². The highest BCUT2D eigenvalue weighted by Crippen LogP contribution is 2.49. The van der Waals surface area contributed by atoms with Gasteiger partial charge in [0, 0.05) is 23.7 Å². The molecule has 0 bridgehead atoms. The van der Waals surface area contributed by atoms with Crippen LogP contribution in [0.1, 0.15) is 4.88 Å². The Kier molecular flexibility index (Phi) is 4.31. The second kappa shape index (κ2) is 6.35. The molecule has 4 rings (SSSR count). The Balaban J connectivity index is 1.76. The number of pyridine rings is 1. The lowest BCUT2D eigenvalue weighted by atomic mass is 9.95. The zero-order chi connectivity index (χ0) is 17.6. The molecule has 0 amide bonds. The molecule has 2 saturated heterocycles. The first-order valence-corrected chi connectivity index (χ1v) is 9.71. The summed E-state index contributed by atoms with van der Waals surface area (Å²) in [7, 11) is 3.50. The van der Waals surface area contributed by atoms with Gasteiger partial charge in [0.2, 0.25) is 5.96 Å². The lowest BCUT2D eigenvalue weighted by Gasteiger charge is -2.42. The van der Waals surface area contributed by atoms with Crippen LogP contribution in [0.3, 0.4) is 0 Å². The first-order valence-electron chi connectivity index (χ1n) is 7.67. The van der Waals surface area contributed by atoms with Crippen LogP contribution >= 0.6 is 34.9 Å². The van der Waals surface area contributed by atoms with Gasteiger partial charge in [-0.1, -0.05) is 11.6 Å². The van der Waals surface area contributed by atoms with Crippen molar-refractivity contribution in [2.75, 3.05) is 27.4 Å². The number of fused-ring (bicyclic) bond motifs is 1. The van der Waals surface area contributed by atoms with Crippen LogP contribution in [-0.2, 0) is 10.3 Å². The van der Waals surface area contributed by atoms with E-state index in [1.807, 2.05) is 23.5 Å². The van der Waals surface area contributed by atoms with Gasteiger partial charge in [-0.25, -0.2) is 0 Å². The Morgan fingerprint density at radius 1 is 1.48 bits per heavy atom. The van der Waals surface area contributed by atoms with Gasteiger partial charge in [0.25, 0.3) is 0 Å². The molecule has 132 valence electrons. The van der Waals surface area contributed by atoms with Gasteiger partial charge in [0.15, 0.2) is 0 Å². The third kappa shape index (κ3) is 2.77. The Bertz CT molecular complexity index is 830. The highest BCUT2D eigenvalue weighted by molar-refractivity contribution is 7.98. The molecule has 0 saturated carbocycles. The van der Waals surface area contributed by atoms with Gasteiger partial charge in [-0.15, -0.1) is 11.3 Å². The van der Waals surface area contributed by atoms with Crippen LogP contribution in [0, 0.1) is 5.41 Å². The van der Waals surface area contributed by atoms with E-state index in [-0.39, 0.29) is 5.25 Å². The number of thiophene rings is 1. The minimum atomic E-state index is -0.472.